The van der Waals surface area contributed by atoms with Crippen LogP contribution < -0.4 is 0 Å². The average Bonchev–Trinajstić information content (AvgIpc) is 2.48. The van der Waals surface area contributed by atoms with Crippen LogP contribution in [0, 0.1) is 5.92 Å². The highest BCUT2D eigenvalue weighted by atomic mass is 32.3. The van der Waals surface area contributed by atoms with Crippen LogP contribution in [0.1, 0.15) is 26.2 Å². The molecule has 1 unspecified atom stereocenters. The highest BCUT2D eigenvalue weighted by Crippen LogP contribution is 2.49. The second kappa shape index (κ2) is 8.12. The van der Waals surface area contributed by atoms with Crippen molar-refractivity contribution in [3.8, 4) is 0 Å². The SMILES string of the molecule is CCCC(CO)CC(S(=O)(=O)C(F)(F)C(F)(F)F)S(=O)(=O)C(F)(F)C(F)(F)F. The van der Waals surface area contributed by atoms with Gasteiger partial charge in [-0.3, -0.25) is 0 Å². The van der Waals surface area contributed by atoms with Crippen molar-refractivity contribution in [3.63, 3.8) is 0 Å². The lowest BCUT2D eigenvalue weighted by Crippen LogP contribution is -2.56. The Kier molecular flexibility index (Phi) is 7.88. The summed E-state index contributed by atoms with van der Waals surface area (Å²) in [7, 11) is -15.0. The lowest BCUT2D eigenvalue weighted by atomic mass is 10.0. The van der Waals surface area contributed by atoms with Crippen LogP contribution in [0.3, 0.4) is 0 Å². The van der Waals surface area contributed by atoms with Crippen molar-refractivity contribution in [3.05, 3.63) is 0 Å². The fourth-order valence-electron chi connectivity index (χ4n) is 2.04. The van der Waals surface area contributed by atoms with Crippen LogP contribution in [0.25, 0.3) is 0 Å². The summed E-state index contributed by atoms with van der Waals surface area (Å²) < 4.78 is 170. The van der Waals surface area contributed by atoms with Crippen LogP contribution in [-0.2, 0) is 19.7 Å². The van der Waals surface area contributed by atoms with Gasteiger partial charge in [0.05, 0.1) is 0 Å². The fraction of sp³-hybridized carbons (Fsp3) is 1.00. The third-order valence-electron chi connectivity index (χ3n) is 3.55. The number of hydrogen-bond acceptors (Lipinski definition) is 5. The molecule has 0 aromatic carbocycles. The normalized spacial score (nSPS) is 16.5. The van der Waals surface area contributed by atoms with E-state index in [4.69, 9.17) is 5.11 Å². The van der Waals surface area contributed by atoms with E-state index in [1.165, 1.54) is 6.92 Å². The quantitative estimate of drug-likeness (QED) is 0.512. The minimum Gasteiger partial charge on any atom is -0.396 e. The molecule has 0 aliphatic heterocycles. The Labute approximate surface area is 152 Å². The van der Waals surface area contributed by atoms with E-state index in [1.54, 1.807) is 0 Å². The van der Waals surface area contributed by atoms with E-state index in [-0.39, 0.29) is 6.42 Å². The first-order chi connectivity index (χ1) is 12.1. The van der Waals surface area contributed by atoms with Gasteiger partial charge in [0.1, 0.15) is 0 Å². The Balaban J connectivity index is 6.80. The van der Waals surface area contributed by atoms with Gasteiger partial charge < -0.3 is 5.11 Å². The van der Waals surface area contributed by atoms with Gasteiger partial charge in [0, 0.05) is 6.61 Å². The molecule has 0 fully saturated rings. The molecule has 0 saturated carbocycles. The zero-order chi connectivity index (χ0) is 23.0. The van der Waals surface area contributed by atoms with Gasteiger partial charge in [-0.05, 0) is 18.8 Å². The summed E-state index contributed by atoms with van der Waals surface area (Å²) in [6.45, 7) is 0.0138. The van der Waals surface area contributed by atoms with Gasteiger partial charge in [-0.1, -0.05) is 13.3 Å². The number of aliphatic hydroxyl groups is 1. The molecular formula is C11H14F10O5S2. The van der Waals surface area contributed by atoms with Crippen molar-refractivity contribution < 1.29 is 65.8 Å². The molecule has 0 rings (SSSR count). The summed E-state index contributed by atoms with van der Waals surface area (Å²) >= 11 is 0. The molecule has 17 heteroatoms. The number of aliphatic hydroxyl groups excluding tert-OH is 1. The Morgan fingerprint density at radius 1 is 0.750 bits per heavy atom. The van der Waals surface area contributed by atoms with Crippen molar-refractivity contribution in [1.82, 2.24) is 0 Å². The summed E-state index contributed by atoms with van der Waals surface area (Å²) in [4.78, 5) is 0. The van der Waals surface area contributed by atoms with Crippen LogP contribution >= 0.6 is 0 Å². The Hall–Kier alpha value is -0.840. The highest BCUT2D eigenvalue weighted by molar-refractivity contribution is 8.10. The maximum absolute atomic E-state index is 13.3. The number of sulfone groups is 2. The zero-order valence-electron chi connectivity index (χ0n) is 13.7. The lowest BCUT2D eigenvalue weighted by Gasteiger charge is -2.30. The molecule has 1 N–H and O–H groups in total. The monoisotopic (exact) mass is 480 g/mol. The molecule has 0 aliphatic rings. The second-order valence-electron chi connectivity index (χ2n) is 5.62. The third-order valence-corrected chi connectivity index (χ3v) is 8.73. The maximum atomic E-state index is 13.3. The topological polar surface area (TPSA) is 88.5 Å². The largest absolute Gasteiger partial charge is 0.469 e. The van der Waals surface area contributed by atoms with Crippen molar-refractivity contribution in [2.45, 2.75) is 53.6 Å². The minimum atomic E-state index is -7.52. The van der Waals surface area contributed by atoms with Crippen molar-refractivity contribution in [2.24, 2.45) is 5.92 Å². The number of hydrogen-bond donors (Lipinski definition) is 1. The van der Waals surface area contributed by atoms with Gasteiger partial charge in [0.25, 0.3) is 0 Å². The van der Waals surface area contributed by atoms with Crippen LogP contribution in [0.4, 0.5) is 43.9 Å². The number of rotatable bonds is 9. The smallest absolute Gasteiger partial charge is 0.396 e. The van der Waals surface area contributed by atoms with E-state index < -0.39 is 72.5 Å². The molecule has 0 aromatic heterocycles. The van der Waals surface area contributed by atoms with Gasteiger partial charge in [0.2, 0.25) is 19.7 Å². The summed E-state index contributed by atoms with van der Waals surface area (Å²) in [5.74, 6) is -1.77. The summed E-state index contributed by atoms with van der Waals surface area (Å²) in [6.07, 6.45) is -16.6. The minimum absolute atomic E-state index is 0.0661. The van der Waals surface area contributed by atoms with Crippen molar-refractivity contribution in [1.29, 1.82) is 0 Å². The molecular weight excluding hydrogens is 466 g/mol. The fourth-order valence-corrected chi connectivity index (χ4v) is 6.45. The van der Waals surface area contributed by atoms with E-state index in [2.05, 4.69) is 0 Å². The van der Waals surface area contributed by atoms with Gasteiger partial charge >= 0.3 is 22.9 Å². The summed E-state index contributed by atoms with van der Waals surface area (Å²) in [5.41, 5.74) is 0. The maximum Gasteiger partial charge on any atom is 0.469 e. The molecule has 1 atom stereocenters. The predicted molar refractivity (Wildman–Crippen MR) is 73.7 cm³/mol. The van der Waals surface area contributed by atoms with Gasteiger partial charge in [-0.25, -0.2) is 16.8 Å². The molecule has 0 amide bonds. The molecule has 170 valence electrons. The van der Waals surface area contributed by atoms with Crippen LogP contribution in [0.5, 0.6) is 0 Å². The van der Waals surface area contributed by atoms with Crippen molar-refractivity contribution >= 4 is 19.7 Å². The molecule has 0 radical (unpaired) electrons. The first kappa shape index (κ1) is 27.2. The molecule has 0 aromatic rings. The zero-order valence-corrected chi connectivity index (χ0v) is 15.3. The molecule has 0 spiro atoms. The van der Waals surface area contributed by atoms with E-state index >= 15 is 0 Å². The summed E-state index contributed by atoms with van der Waals surface area (Å²) in [6, 6.07) is 0. The Morgan fingerprint density at radius 3 is 1.29 bits per heavy atom. The van der Waals surface area contributed by atoms with E-state index in [0.29, 0.717) is 0 Å². The second-order valence-corrected chi connectivity index (χ2v) is 10.3. The molecule has 0 saturated heterocycles. The standard InChI is InChI=1S/C11H14F10O5S2/c1-2-3-6(5-22)4-7(27(23,24)10(18,19)8(12,13)14)28(25,26)11(20,21)9(15,16)17/h6-7,22H,2-5H2,1H3. The number of alkyl halides is 10. The Morgan fingerprint density at radius 2 is 1.07 bits per heavy atom. The first-order valence-corrected chi connectivity index (χ1v) is 10.2. The number of halogens is 10. The predicted octanol–water partition coefficient (Wildman–Crippen LogP) is 3.25. The van der Waals surface area contributed by atoms with Gasteiger partial charge in [-0.2, -0.15) is 43.9 Å². The van der Waals surface area contributed by atoms with Gasteiger partial charge in [-0.15, -0.1) is 0 Å². The molecule has 0 aliphatic carbocycles. The van der Waals surface area contributed by atoms with Gasteiger partial charge in [0.15, 0.2) is 4.58 Å². The highest BCUT2D eigenvalue weighted by Gasteiger charge is 2.76. The molecule has 5 nitrogen and oxygen atoms in total. The first-order valence-electron chi connectivity index (χ1n) is 7.09. The van der Waals surface area contributed by atoms with E-state index in [9.17, 15) is 60.7 Å². The molecule has 28 heavy (non-hydrogen) atoms. The van der Waals surface area contributed by atoms with Crippen LogP contribution in [0.15, 0.2) is 0 Å². The third kappa shape index (κ3) is 4.66. The molecule has 0 heterocycles. The van der Waals surface area contributed by atoms with Crippen LogP contribution in [0.2, 0.25) is 0 Å². The van der Waals surface area contributed by atoms with Crippen LogP contribution in [-0.4, -0.2) is 56.0 Å². The molecule has 0 bridgehead atoms. The Bertz CT molecular complexity index is 683. The summed E-state index contributed by atoms with van der Waals surface area (Å²) in [5, 5.41) is -4.95. The van der Waals surface area contributed by atoms with Crippen molar-refractivity contribution in [2.75, 3.05) is 6.61 Å². The average molecular weight is 480 g/mol. The van der Waals surface area contributed by atoms with E-state index in [1.807, 2.05) is 0 Å². The van der Waals surface area contributed by atoms with E-state index in [0.717, 1.165) is 0 Å². The lowest BCUT2D eigenvalue weighted by molar-refractivity contribution is -0.242.